The predicted octanol–water partition coefficient (Wildman–Crippen LogP) is 2.95. The molecule has 0 atom stereocenters. The number of rotatable bonds is 3. The Morgan fingerprint density at radius 3 is 3.00 bits per heavy atom. The fourth-order valence-corrected chi connectivity index (χ4v) is 2.53. The average Bonchev–Trinajstić information content (AvgIpc) is 2.65. The van der Waals surface area contributed by atoms with Crippen molar-refractivity contribution >= 4 is 28.5 Å². The maximum Gasteiger partial charge on any atom is 0.1000 e. The molecule has 2 N–H and O–H groups in total. The van der Waals surface area contributed by atoms with E-state index in [4.69, 9.17) is 18.0 Å². The maximum absolute atomic E-state index is 5.49. The lowest BCUT2D eigenvalue weighted by Crippen LogP contribution is -2.10. The van der Waals surface area contributed by atoms with Gasteiger partial charge in [-0.15, -0.1) is 11.3 Å². The third-order valence-corrected chi connectivity index (χ3v) is 3.18. The highest BCUT2D eigenvalue weighted by Crippen LogP contribution is 2.22. The van der Waals surface area contributed by atoms with Crippen LogP contribution in [0.5, 0.6) is 0 Å². The first-order valence-electron chi connectivity index (χ1n) is 4.95. The molecule has 1 aromatic heterocycles. The van der Waals surface area contributed by atoms with E-state index in [0.29, 0.717) is 11.4 Å². The van der Waals surface area contributed by atoms with E-state index < -0.39 is 0 Å². The molecule has 0 saturated heterocycles. The van der Waals surface area contributed by atoms with E-state index in [0.717, 1.165) is 16.3 Å². The first kappa shape index (κ1) is 11.2. The molecule has 0 aliphatic carbocycles. The minimum atomic E-state index is 0.491. The second kappa shape index (κ2) is 4.72. The highest BCUT2D eigenvalue weighted by molar-refractivity contribution is 7.80. The van der Waals surface area contributed by atoms with E-state index in [1.807, 2.05) is 11.4 Å². The highest BCUT2D eigenvalue weighted by atomic mass is 32.1. The summed E-state index contributed by atoms with van der Waals surface area (Å²) >= 11 is 6.47. The van der Waals surface area contributed by atoms with E-state index in [9.17, 15) is 0 Å². The molecule has 0 unspecified atom stereocenters. The standard InChI is InChI=1S/C12H12N2S2/c1-8-3-2-4-9(5-8)10-7-16-12(14-10)6-11(13)15/h2-5,7H,6H2,1H3,(H2,13,15). The average molecular weight is 248 g/mol. The van der Waals surface area contributed by atoms with Gasteiger partial charge in [-0.3, -0.25) is 0 Å². The van der Waals surface area contributed by atoms with Crippen molar-refractivity contribution in [2.45, 2.75) is 13.3 Å². The molecule has 82 valence electrons. The summed E-state index contributed by atoms with van der Waals surface area (Å²) in [6.45, 7) is 2.08. The van der Waals surface area contributed by atoms with Gasteiger partial charge in [0.05, 0.1) is 15.7 Å². The lowest BCUT2D eigenvalue weighted by molar-refractivity contribution is 1.23. The number of nitrogens with two attached hydrogens (primary N) is 1. The van der Waals surface area contributed by atoms with Crippen LogP contribution in [-0.4, -0.2) is 9.97 Å². The summed E-state index contributed by atoms with van der Waals surface area (Å²) in [4.78, 5) is 5.00. The number of hydrogen-bond acceptors (Lipinski definition) is 3. The van der Waals surface area contributed by atoms with Gasteiger partial charge in [-0.05, 0) is 13.0 Å². The van der Waals surface area contributed by atoms with E-state index in [2.05, 4.69) is 30.1 Å². The van der Waals surface area contributed by atoms with Gasteiger partial charge in [0.15, 0.2) is 0 Å². The Hall–Kier alpha value is -1.26. The van der Waals surface area contributed by atoms with Gasteiger partial charge in [0.25, 0.3) is 0 Å². The zero-order chi connectivity index (χ0) is 11.5. The van der Waals surface area contributed by atoms with Crippen LogP contribution in [0, 0.1) is 6.92 Å². The number of benzene rings is 1. The molecule has 0 radical (unpaired) electrons. The third-order valence-electron chi connectivity index (χ3n) is 2.19. The molecule has 0 aliphatic rings. The fraction of sp³-hybridized carbons (Fsp3) is 0.167. The second-order valence-corrected chi connectivity index (χ2v) is 5.11. The molecule has 0 aliphatic heterocycles. The van der Waals surface area contributed by atoms with Crippen LogP contribution in [-0.2, 0) is 6.42 Å². The number of aryl methyl sites for hydroxylation is 1. The zero-order valence-corrected chi connectivity index (χ0v) is 10.6. The maximum atomic E-state index is 5.49. The number of thiazole rings is 1. The van der Waals surface area contributed by atoms with E-state index in [1.165, 1.54) is 5.56 Å². The first-order chi connectivity index (χ1) is 7.65. The lowest BCUT2D eigenvalue weighted by Gasteiger charge is -1.97. The van der Waals surface area contributed by atoms with Crippen LogP contribution < -0.4 is 5.73 Å². The van der Waals surface area contributed by atoms with Crippen LogP contribution in [0.1, 0.15) is 10.6 Å². The van der Waals surface area contributed by atoms with Crippen molar-refractivity contribution in [2.24, 2.45) is 5.73 Å². The number of aromatic nitrogens is 1. The summed E-state index contributed by atoms with van der Waals surface area (Å²) in [5.74, 6) is 0. The predicted molar refractivity (Wildman–Crippen MR) is 72.8 cm³/mol. The van der Waals surface area contributed by atoms with Crippen LogP contribution in [0.3, 0.4) is 0 Å². The number of nitrogens with zero attached hydrogens (tertiary/aromatic N) is 1. The molecule has 1 heterocycles. The molecule has 1 aromatic carbocycles. The Morgan fingerprint density at radius 1 is 1.50 bits per heavy atom. The van der Waals surface area contributed by atoms with Gasteiger partial charge < -0.3 is 5.73 Å². The minimum absolute atomic E-state index is 0.491. The Kier molecular flexibility index (Phi) is 3.31. The highest BCUT2D eigenvalue weighted by Gasteiger charge is 2.05. The quantitative estimate of drug-likeness (QED) is 0.849. The number of hydrogen-bond donors (Lipinski definition) is 1. The molecule has 0 amide bonds. The SMILES string of the molecule is Cc1cccc(-c2csc(CC(N)=S)n2)c1. The fourth-order valence-electron chi connectivity index (χ4n) is 1.48. The smallest absolute Gasteiger partial charge is 0.1000 e. The summed E-state index contributed by atoms with van der Waals surface area (Å²) in [5, 5.41) is 3.02. The van der Waals surface area contributed by atoms with Crippen molar-refractivity contribution in [1.29, 1.82) is 0 Å². The third kappa shape index (κ3) is 2.65. The molecule has 16 heavy (non-hydrogen) atoms. The van der Waals surface area contributed by atoms with Crippen molar-refractivity contribution in [3.63, 3.8) is 0 Å². The largest absolute Gasteiger partial charge is 0.393 e. The van der Waals surface area contributed by atoms with Gasteiger partial charge >= 0.3 is 0 Å². The molecule has 2 rings (SSSR count). The molecular weight excluding hydrogens is 236 g/mol. The van der Waals surface area contributed by atoms with Crippen molar-refractivity contribution in [3.8, 4) is 11.3 Å². The van der Waals surface area contributed by atoms with Crippen molar-refractivity contribution in [3.05, 3.63) is 40.2 Å². The summed E-state index contributed by atoms with van der Waals surface area (Å²) in [6, 6.07) is 8.30. The number of thiocarbonyl (C=S) groups is 1. The molecule has 0 bridgehead atoms. The molecule has 0 saturated carbocycles. The second-order valence-electron chi connectivity index (χ2n) is 3.64. The van der Waals surface area contributed by atoms with Gasteiger partial charge in [-0.2, -0.15) is 0 Å². The van der Waals surface area contributed by atoms with Crippen LogP contribution >= 0.6 is 23.6 Å². The summed E-state index contributed by atoms with van der Waals surface area (Å²) in [6.07, 6.45) is 0.589. The normalized spacial score (nSPS) is 10.3. The van der Waals surface area contributed by atoms with Gasteiger partial charge in [-0.25, -0.2) is 4.98 Å². The van der Waals surface area contributed by atoms with E-state index >= 15 is 0 Å². The monoisotopic (exact) mass is 248 g/mol. The Morgan fingerprint density at radius 2 is 2.31 bits per heavy atom. The Balaban J connectivity index is 2.28. The van der Waals surface area contributed by atoms with Gasteiger partial charge in [-0.1, -0.05) is 36.0 Å². The van der Waals surface area contributed by atoms with E-state index in [1.54, 1.807) is 11.3 Å². The summed E-state index contributed by atoms with van der Waals surface area (Å²) < 4.78 is 0. The minimum Gasteiger partial charge on any atom is -0.393 e. The van der Waals surface area contributed by atoms with Gasteiger partial charge in [0.1, 0.15) is 0 Å². The molecular formula is C12H12N2S2. The van der Waals surface area contributed by atoms with Crippen molar-refractivity contribution < 1.29 is 0 Å². The van der Waals surface area contributed by atoms with Crippen LogP contribution in [0.2, 0.25) is 0 Å². The van der Waals surface area contributed by atoms with Crippen LogP contribution in [0.15, 0.2) is 29.6 Å². The summed E-state index contributed by atoms with van der Waals surface area (Å²) in [5.41, 5.74) is 8.88. The Labute approximate surface area is 104 Å². The van der Waals surface area contributed by atoms with Gasteiger partial charge in [0, 0.05) is 17.4 Å². The van der Waals surface area contributed by atoms with Crippen molar-refractivity contribution in [2.75, 3.05) is 0 Å². The van der Waals surface area contributed by atoms with Crippen molar-refractivity contribution in [1.82, 2.24) is 4.98 Å². The molecule has 2 nitrogen and oxygen atoms in total. The molecule has 4 heteroatoms. The lowest BCUT2D eigenvalue weighted by atomic mass is 10.1. The molecule has 0 spiro atoms. The Bertz CT molecular complexity index is 517. The first-order valence-corrected chi connectivity index (χ1v) is 6.23. The molecule has 0 fully saturated rings. The zero-order valence-electron chi connectivity index (χ0n) is 8.93. The van der Waals surface area contributed by atoms with Crippen LogP contribution in [0.4, 0.5) is 0 Å². The van der Waals surface area contributed by atoms with Crippen LogP contribution in [0.25, 0.3) is 11.3 Å². The molecule has 2 aromatic rings. The van der Waals surface area contributed by atoms with Gasteiger partial charge in [0.2, 0.25) is 0 Å². The topological polar surface area (TPSA) is 38.9 Å². The summed E-state index contributed by atoms with van der Waals surface area (Å²) in [7, 11) is 0. The van der Waals surface area contributed by atoms with E-state index in [-0.39, 0.29) is 0 Å².